The van der Waals surface area contributed by atoms with Crippen LogP contribution >= 0.6 is 0 Å². The number of carbonyl (C=O) groups is 4. The zero-order chi connectivity index (χ0) is 23.4. The number of esters is 3. The third kappa shape index (κ3) is 3.75. The second kappa shape index (κ2) is 8.14. The normalized spacial score (nSPS) is 45.2. The molecule has 0 aromatic heterocycles. The summed E-state index contributed by atoms with van der Waals surface area (Å²) in [5, 5.41) is 0. The predicted molar refractivity (Wildman–Crippen MR) is 114 cm³/mol. The molecule has 0 aliphatic heterocycles. The van der Waals surface area contributed by atoms with E-state index in [0.717, 1.165) is 25.7 Å². The minimum absolute atomic E-state index is 0.0166. The van der Waals surface area contributed by atoms with Crippen LogP contribution in [-0.2, 0) is 33.4 Å². The molecule has 0 spiro atoms. The number of carbonyl (C=O) groups excluding carboxylic acids is 4. The number of hydrogen-bond acceptors (Lipinski definition) is 7. The van der Waals surface area contributed by atoms with Gasteiger partial charge in [0.15, 0.2) is 0 Å². The van der Waals surface area contributed by atoms with E-state index in [2.05, 4.69) is 13.8 Å². The van der Waals surface area contributed by atoms with Crippen molar-refractivity contribution in [2.24, 2.45) is 34.5 Å². The van der Waals surface area contributed by atoms with Crippen LogP contribution in [0.3, 0.4) is 0 Å². The Morgan fingerprint density at radius 3 is 2.06 bits per heavy atom. The van der Waals surface area contributed by atoms with Crippen LogP contribution in [0, 0.1) is 34.5 Å². The first-order valence-corrected chi connectivity index (χ1v) is 12.0. The lowest BCUT2D eigenvalue weighted by molar-refractivity contribution is -0.216. The van der Waals surface area contributed by atoms with Crippen molar-refractivity contribution in [2.75, 3.05) is 0 Å². The van der Waals surface area contributed by atoms with Crippen molar-refractivity contribution in [1.82, 2.24) is 0 Å². The molecule has 0 amide bonds. The molecule has 0 aromatic rings. The Balaban J connectivity index is 1.77. The molecule has 0 aromatic carbocycles. The molecule has 4 aliphatic carbocycles. The van der Waals surface area contributed by atoms with Crippen molar-refractivity contribution in [2.45, 2.75) is 97.9 Å². The number of Topliss-reactive ketones (excluding diaryl/α,β-unsaturated/α-hetero) is 1. The fraction of sp³-hybridized carbons (Fsp3) is 0.840. The number of ketones is 1. The van der Waals surface area contributed by atoms with Gasteiger partial charge in [0.1, 0.15) is 24.1 Å². The van der Waals surface area contributed by atoms with Gasteiger partial charge in [-0.05, 0) is 49.4 Å². The first-order valence-electron chi connectivity index (χ1n) is 12.0. The van der Waals surface area contributed by atoms with Crippen LogP contribution in [0.5, 0.6) is 0 Å². The predicted octanol–water partition coefficient (Wildman–Crippen LogP) is 3.61. The smallest absolute Gasteiger partial charge is 0.302 e. The molecule has 178 valence electrons. The number of ether oxygens (including phenoxy) is 3. The van der Waals surface area contributed by atoms with Gasteiger partial charge in [0, 0.05) is 50.9 Å². The van der Waals surface area contributed by atoms with Crippen molar-refractivity contribution in [1.29, 1.82) is 0 Å². The first-order chi connectivity index (χ1) is 15.0. The van der Waals surface area contributed by atoms with Gasteiger partial charge in [-0.15, -0.1) is 0 Å². The average molecular weight is 449 g/mol. The summed E-state index contributed by atoms with van der Waals surface area (Å²) in [6.45, 7) is 8.69. The summed E-state index contributed by atoms with van der Waals surface area (Å²) in [6, 6.07) is 0. The highest BCUT2D eigenvalue weighted by molar-refractivity contribution is 5.80. The number of hydrogen-bond donors (Lipinski definition) is 0. The summed E-state index contributed by atoms with van der Waals surface area (Å²) in [5.74, 6) is -0.355. The minimum Gasteiger partial charge on any atom is -0.462 e. The summed E-state index contributed by atoms with van der Waals surface area (Å²) < 4.78 is 17.6. The fourth-order valence-corrected chi connectivity index (χ4v) is 8.05. The molecule has 0 saturated heterocycles. The molecule has 4 saturated carbocycles. The molecule has 4 rings (SSSR count). The van der Waals surface area contributed by atoms with Crippen LogP contribution in [0.25, 0.3) is 0 Å². The van der Waals surface area contributed by atoms with Crippen molar-refractivity contribution < 1.29 is 33.4 Å². The lowest BCUT2D eigenvalue weighted by Gasteiger charge is -2.62. The molecule has 9 atom stereocenters. The van der Waals surface area contributed by atoms with Crippen LogP contribution < -0.4 is 0 Å². The van der Waals surface area contributed by atoms with E-state index in [1.165, 1.54) is 20.8 Å². The van der Waals surface area contributed by atoms with E-state index in [1.54, 1.807) is 0 Å². The Hall–Kier alpha value is -1.92. The van der Waals surface area contributed by atoms with Gasteiger partial charge in [0.2, 0.25) is 0 Å². The van der Waals surface area contributed by atoms with Crippen LogP contribution in [0.15, 0.2) is 0 Å². The molecule has 4 fully saturated rings. The highest BCUT2D eigenvalue weighted by atomic mass is 16.6. The molecule has 4 aliphatic rings. The van der Waals surface area contributed by atoms with E-state index in [0.29, 0.717) is 19.3 Å². The molecule has 0 heterocycles. The Kier molecular flexibility index (Phi) is 5.91. The minimum atomic E-state index is -0.326. The maximum absolute atomic E-state index is 12.4. The molecule has 7 nitrogen and oxygen atoms in total. The highest BCUT2D eigenvalue weighted by Gasteiger charge is 2.67. The molecule has 0 radical (unpaired) electrons. The Morgan fingerprint density at radius 2 is 1.44 bits per heavy atom. The SMILES string of the molecule is CC(=O)O[C@H]1CC[C@@]2(C)[C@H]1[C@H]1C[C@H](OC(C)=O)[C@H]3CC(=O)CC[C@]3(C)[C@@H]1C[C@H]2OC(C)=O. The van der Waals surface area contributed by atoms with Gasteiger partial charge in [-0.3, -0.25) is 19.2 Å². The van der Waals surface area contributed by atoms with Gasteiger partial charge in [0.05, 0.1) is 0 Å². The monoisotopic (exact) mass is 448 g/mol. The summed E-state index contributed by atoms with van der Waals surface area (Å²) in [5.41, 5.74) is -0.512. The highest BCUT2D eigenvalue weighted by Crippen LogP contribution is 2.67. The summed E-state index contributed by atoms with van der Waals surface area (Å²) in [4.78, 5) is 48.3. The Bertz CT molecular complexity index is 821. The fourth-order valence-electron chi connectivity index (χ4n) is 8.05. The molecule has 0 bridgehead atoms. The van der Waals surface area contributed by atoms with Gasteiger partial charge in [-0.1, -0.05) is 13.8 Å². The molecule has 7 heteroatoms. The summed E-state index contributed by atoms with van der Waals surface area (Å²) >= 11 is 0. The van der Waals surface area contributed by atoms with E-state index in [1.807, 2.05) is 0 Å². The van der Waals surface area contributed by atoms with E-state index in [-0.39, 0.29) is 76.5 Å². The second-order valence-corrected chi connectivity index (χ2v) is 11.1. The van der Waals surface area contributed by atoms with Gasteiger partial charge < -0.3 is 14.2 Å². The van der Waals surface area contributed by atoms with Gasteiger partial charge in [0.25, 0.3) is 0 Å². The Labute approximate surface area is 189 Å². The van der Waals surface area contributed by atoms with Crippen molar-refractivity contribution >= 4 is 23.7 Å². The molecule has 0 unspecified atom stereocenters. The van der Waals surface area contributed by atoms with Gasteiger partial charge >= 0.3 is 17.9 Å². The van der Waals surface area contributed by atoms with Crippen molar-refractivity contribution in [3.8, 4) is 0 Å². The lowest BCUT2D eigenvalue weighted by Crippen LogP contribution is -2.62. The van der Waals surface area contributed by atoms with Gasteiger partial charge in [-0.25, -0.2) is 0 Å². The third-order valence-electron chi connectivity index (χ3n) is 9.29. The molecule has 0 N–H and O–H groups in total. The van der Waals surface area contributed by atoms with Crippen molar-refractivity contribution in [3.05, 3.63) is 0 Å². The number of rotatable bonds is 3. The largest absolute Gasteiger partial charge is 0.462 e. The average Bonchev–Trinajstić information content (AvgIpc) is 3.00. The van der Waals surface area contributed by atoms with Crippen LogP contribution in [-0.4, -0.2) is 42.0 Å². The van der Waals surface area contributed by atoms with Gasteiger partial charge in [-0.2, -0.15) is 0 Å². The van der Waals surface area contributed by atoms with Crippen LogP contribution in [0.1, 0.15) is 79.6 Å². The Morgan fingerprint density at radius 1 is 0.812 bits per heavy atom. The molecular weight excluding hydrogens is 412 g/mol. The second-order valence-electron chi connectivity index (χ2n) is 11.1. The van der Waals surface area contributed by atoms with E-state index in [4.69, 9.17) is 14.2 Å². The zero-order valence-corrected chi connectivity index (χ0v) is 19.8. The molecule has 32 heavy (non-hydrogen) atoms. The van der Waals surface area contributed by atoms with Crippen LogP contribution in [0.4, 0.5) is 0 Å². The number of fused-ring (bicyclic) bond motifs is 5. The topological polar surface area (TPSA) is 96.0 Å². The maximum atomic E-state index is 12.4. The third-order valence-corrected chi connectivity index (χ3v) is 9.29. The molecular formula is C25H36O7. The first kappa shape index (κ1) is 23.2. The standard InChI is InChI=1S/C25H36O7/c1-13(26)30-20-7-9-25(5)22(32-15(3)28)12-18-17(23(20)25)11-21(31-14(2)27)19-10-16(29)6-8-24(18,19)4/h17-23H,6-12H2,1-5H3/t17-,18+,19+,20-,21-,22+,23-,24+,25+/m0/s1. The maximum Gasteiger partial charge on any atom is 0.302 e. The van der Waals surface area contributed by atoms with Crippen LogP contribution in [0.2, 0.25) is 0 Å². The zero-order valence-electron chi connectivity index (χ0n) is 19.8. The summed E-state index contributed by atoms with van der Waals surface area (Å²) in [6.07, 6.45) is 3.80. The van der Waals surface area contributed by atoms with E-state index >= 15 is 0 Å². The van der Waals surface area contributed by atoms with E-state index < -0.39 is 0 Å². The quantitative estimate of drug-likeness (QED) is 0.481. The lowest BCUT2D eigenvalue weighted by atomic mass is 9.44. The van der Waals surface area contributed by atoms with E-state index in [9.17, 15) is 19.2 Å². The summed E-state index contributed by atoms with van der Waals surface area (Å²) in [7, 11) is 0. The van der Waals surface area contributed by atoms with Crippen molar-refractivity contribution in [3.63, 3.8) is 0 Å².